The largest absolute Gasteiger partial charge is 0.460 e. The number of furan rings is 1. The maximum atomic E-state index is 12.5. The molecule has 3 rings (SSSR count). The molecule has 0 aliphatic carbocycles. The number of hydrogen-bond acceptors (Lipinski definition) is 4. The van der Waals surface area contributed by atoms with Crippen LogP contribution in [0.2, 0.25) is 5.02 Å². The minimum atomic E-state index is -0.625. The van der Waals surface area contributed by atoms with Crippen molar-refractivity contribution in [1.82, 2.24) is 0 Å². The van der Waals surface area contributed by atoms with Gasteiger partial charge in [0.05, 0.1) is 6.61 Å². The fourth-order valence-corrected chi connectivity index (χ4v) is 2.42. The molecule has 1 heterocycles. The van der Waals surface area contributed by atoms with Gasteiger partial charge in [0.1, 0.15) is 11.3 Å². The number of rotatable bonds is 4. The molecule has 0 aliphatic rings. The molecule has 2 aromatic carbocycles. The first-order valence-electron chi connectivity index (χ1n) is 7.35. The Bertz CT molecular complexity index is 899. The van der Waals surface area contributed by atoms with Crippen LogP contribution in [0, 0.1) is 0 Å². The van der Waals surface area contributed by atoms with Crippen molar-refractivity contribution in [3.8, 4) is 0 Å². The SMILES string of the molecule is CCOC(=O)c1oc2ccccc2c1NC(=O)c1ccc(Cl)cc1. The molecule has 1 aromatic heterocycles. The highest BCUT2D eigenvalue weighted by atomic mass is 35.5. The van der Waals surface area contributed by atoms with Crippen LogP contribution in [0.5, 0.6) is 0 Å². The number of hydrogen-bond donors (Lipinski definition) is 1. The third-order valence-electron chi connectivity index (χ3n) is 3.40. The van der Waals surface area contributed by atoms with Crippen LogP contribution in [0.4, 0.5) is 5.69 Å². The summed E-state index contributed by atoms with van der Waals surface area (Å²) < 4.78 is 10.6. The van der Waals surface area contributed by atoms with Gasteiger partial charge in [-0.3, -0.25) is 4.79 Å². The fourth-order valence-electron chi connectivity index (χ4n) is 2.30. The van der Waals surface area contributed by atoms with E-state index in [-0.39, 0.29) is 18.3 Å². The molecule has 24 heavy (non-hydrogen) atoms. The van der Waals surface area contributed by atoms with Gasteiger partial charge in [-0.2, -0.15) is 0 Å². The lowest BCUT2D eigenvalue weighted by Gasteiger charge is -2.06. The summed E-state index contributed by atoms with van der Waals surface area (Å²) in [4.78, 5) is 24.6. The first-order valence-corrected chi connectivity index (χ1v) is 7.73. The monoisotopic (exact) mass is 343 g/mol. The van der Waals surface area contributed by atoms with Gasteiger partial charge < -0.3 is 14.5 Å². The summed E-state index contributed by atoms with van der Waals surface area (Å²) in [6.45, 7) is 1.91. The van der Waals surface area contributed by atoms with Crippen molar-refractivity contribution < 1.29 is 18.7 Å². The summed E-state index contributed by atoms with van der Waals surface area (Å²) in [5.74, 6) is -1.02. The molecule has 0 spiro atoms. The number of amides is 1. The molecule has 122 valence electrons. The Morgan fingerprint density at radius 1 is 1.12 bits per heavy atom. The molecule has 6 heteroatoms. The summed E-state index contributed by atoms with van der Waals surface area (Å²) in [6.07, 6.45) is 0. The zero-order valence-electron chi connectivity index (χ0n) is 12.8. The van der Waals surface area contributed by atoms with Crippen LogP contribution < -0.4 is 5.32 Å². The number of esters is 1. The second-order valence-corrected chi connectivity index (χ2v) is 5.42. The van der Waals surface area contributed by atoms with E-state index in [1.54, 1.807) is 55.5 Å². The molecule has 0 unspecified atom stereocenters. The van der Waals surface area contributed by atoms with Crippen molar-refractivity contribution in [3.05, 3.63) is 64.9 Å². The molecule has 3 aromatic rings. The van der Waals surface area contributed by atoms with Crippen LogP contribution in [0.25, 0.3) is 11.0 Å². The number of benzene rings is 2. The first kappa shape index (κ1) is 16.1. The van der Waals surface area contributed by atoms with Gasteiger partial charge >= 0.3 is 5.97 Å². The standard InChI is InChI=1S/C18H14ClNO4/c1-2-23-18(22)16-15(13-5-3-4-6-14(13)24-16)20-17(21)11-7-9-12(19)10-8-11/h3-10H,2H2,1H3,(H,20,21). The summed E-state index contributed by atoms with van der Waals surface area (Å²) in [7, 11) is 0. The van der Waals surface area contributed by atoms with Gasteiger partial charge in [-0.05, 0) is 43.3 Å². The molecule has 1 amide bonds. The van der Waals surface area contributed by atoms with Gasteiger partial charge in [0.2, 0.25) is 5.76 Å². The predicted octanol–water partition coefficient (Wildman–Crippen LogP) is 4.52. The third-order valence-corrected chi connectivity index (χ3v) is 3.65. The Hall–Kier alpha value is -2.79. The Morgan fingerprint density at radius 3 is 2.54 bits per heavy atom. The summed E-state index contributed by atoms with van der Waals surface area (Å²) in [5.41, 5.74) is 1.20. The number of halogens is 1. The second kappa shape index (κ2) is 6.76. The van der Waals surface area contributed by atoms with Crippen molar-refractivity contribution in [2.24, 2.45) is 0 Å². The van der Waals surface area contributed by atoms with E-state index >= 15 is 0 Å². The highest BCUT2D eigenvalue weighted by Crippen LogP contribution is 2.31. The van der Waals surface area contributed by atoms with Gasteiger partial charge in [0.25, 0.3) is 5.91 Å². The average Bonchev–Trinajstić information content (AvgIpc) is 2.94. The minimum Gasteiger partial charge on any atom is -0.460 e. The quantitative estimate of drug-likeness (QED) is 0.707. The molecule has 1 N–H and O–H groups in total. The Kier molecular flexibility index (Phi) is 4.53. The van der Waals surface area contributed by atoms with E-state index in [0.29, 0.717) is 27.2 Å². The van der Waals surface area contributed by atoms with Crippen LogP contribution >= 0.6 is 11.6 Å². The normalized spacial score (nSPS) is 10.6. The molecule has 0 bridgehead atoms. The van der Waals surface area contributed by atoms with Gasteiger partial charge in [-0.25, -0.2) is 4.79 Å². The van der Waals surface area contributed by atoms with Crippen LogP contribution in [-0.4, -0.2) is 18.5 Å². The number of carbonyl (C=O) groups excluding carboxylic acids is 2. The lowest BCUT2D eigenvalue weighted by Crippen LogP contribution is -2.14. The predicted molar refractivity (Wildman–Crippen MR) is 91.6 cm³/mol. The minimum absolute atomic E-state index is 0.0274. The molecular weight excluding hydrogens is 330 g/mol. The van der Waals surface area contributed by atoms with Crippen molar-refractivity contribution >= 4 is 40.1 Å². The smallest absolute Gasteiger partial charge is 0.376 e. The van der Waals surface area contributed by atoms with Crippen LogP contribution in [0.3, 0.4) is 0 Å². The molecule has 0 aliphatic heterocycles. The fraction of sp³-hybridized carbons (Fsp3) is 0.111. The van der Waals surface area contributed by atoms with E-state index in [1.807, 2.05) is 0 Å². The number of anilines is 1. The number of fused-ring (bicyclic) bond motifs is 1. The van der Waals surface area contributed by atoms with E-state index in [1.165, 1.54) is 0 Å². The summed E-state index contributed by atoms with van der Waals surface area (Å²) in [6, 6.07) is 13.5. The maximum absolute atomic E-state index is 12.5. The number of carbonyl (C=O) groups is 2. The Balaban J connectivity index is 2.00. The molecule has 5 nitrogen and oxygen atoms in total. The maximum Gasteiger partial charge on any atom is 0.376 e. The van der Waals surface area contributed by atoms with Gasteiger partial charge in [0, 0.05) is 16.0 Å². The number of ether oxygens (including phenoxy) is 1. The van der Waals surface area contributed by atoms with Gasteiger partial charge in [-0.15, -0.1) is 0 Å². The van der Waals surface area contributed by atoms with E-state index in [4.69, 9.17) is 20.8 Å². The average molecular weight is 344 g/mol. The highest BCUT2D eigenvalue weighted by Gasteiger charge is 2.23. The van der Waals surface area contributed by atoms with Crippen molar-refractivity contribution in [1.29, 1.82) is 0 Å². The molecule has 0 fully saturated rings. The van der Waals surface area contributed by atoms with E-state index in [9.17, 15) is 9.59 Å². The highest BCUT2D eigenvalue weighted by molar-refractivity contribution is 6.30. The zero-order valence-corrected chi connectivity index (χ0v) is 13.6. The number of para-hydroxylation sites is 1. The lowest BCUT2D eigenvalue weighted by molar-refractivity contribution is 0.0494. The molecule has 0 saturated carbocycles. The van der Waals surface area contributed by atoms with Crippen molar-refractivity contribution in [2.75, 3.05) is 11.9 Å². The van der Waals surface area contributed by atoms with E-state index < -0.39 is 5.97 Å². The second-order valence-electron chi connectivity index (χ2n) is 4.98. The van der Waals surface area contributed by atoms with Crippen molar-refractivity contribution in [2.45, 2.75) is 6.92 Å². The molecular formula is C18H14ClNO4. The third kappa shape index (κ3) is 3.12. The Morgan fingerprint density at radius 2 is 1.83 bits per heavy atom. The van der Waals surface area contributed by atoms with Gasteiger partial charge in [0.15, 0.2) is 0 Å². The first-order chi connectivity index (χ1) is 11.6. The number of nitrogens with one attached hydrogen (secondary N) is 1. The van der Waals surface area contributed by atoms with Crippen LogP contribution in [0.1, 0.15) is 27.8 Å². The van der Waals surface area contributed by atoms with Gasteiger partial charge in [-0.1, -0.05) is 23.7 Å². The summed E-state index contributed by atoms with van der Waals surface area (Å²) >= 11 is 5.83. The zero-order chi connectivity index (χ0) is 17.1. The summed E-state index contributed by atoms with van der Waals surface area (Å²) in [5, 5.41) is 3.89. The van der Waals surface area contributed by atoms with Crippen molar-refractivity contribution in [3.63, 3.8) is 0 Å². The molecule has 0 radical (unpaired) electrons. The van der Waals surface area contributed by atoms with Crippen LogP contribution in [-0.2, 0) is 4.74 Å². The lowest BCUT2D eigenvalue weighted by atomic mass is 10.2. The molecule has 0 saturated heterocycles. The Labute approximate surface area is 143 Å². The van der Waals surface area contributed by atoms with Crippen LogP contribution in [0.15, 0.2) is 52.9 Å². The van der Waals surface area contributed by atoms with E-state index in [2.05, 4.69) is 5.32 Å². The topological polar surface area (TPSA) is 68.5 Å². The van der Waals surface area contributed by atoms with E-state index in [0.717, 1.165) is 0 Å². The molecule has 0 atom stereocenters.